The van der Waals surface area contributed by atoms with E-state index in [1.807, 2.05) is 12.1 Å². The maximum absolute atomic E-state index is 12.3. The first-order valence-corrected chi connectivity index (χ1v) is 7.94. The molecular formula is C13H14BrNOS. The minimum Gasteiger partial charge on any atom is -0.349 e. The highest BCUT2D eigenvalue weighted by molar-refractivity contribution is 9.09. The van der Waals surface area contributed by atoms with Crippen LogP contribution in [-0.2, 0) is 4.79 Å². The Bertz CT molecular complexity index is 458. The van der Waals surface area contributed by atoms with Crippen molar-refractivity contribution in [2.45, 2.75) is 29.2 Å². The summed E-state index contributed by atoms with van der Waals surface area (Å²) in [5, 5.41) is 4.07. The van der Waals surface area contributed by atoms with Gasteiger partial charge in [0.1, 0.15) is 0 Å². The third-order valence-corrected chi connectivity index (χ3v) is 5.77. The van der Waals surface area contributed by atoms with E-state index < -0.39 is 0 Å². The van der Waals surface area contributed by atoms with E-state index in [1.165, 1.54) is 10.5 Å². The van der Waals surface area contributed by atoms with Crippen LogP contribution in [0.3, 0.4) is 0 Å². The second-order valence-electron chi connectivity index (χ2n) is 4.80. The number of carbonyl (C=O) groups excluding carboxylic acids is 1. The number of alkyl halides is 1. The minimum atomic E-state index is 0.0349. The zero-order valence-electron chi connectivity index (χ0n) is 9.41. The van der Waals surface area contributed by atoms with E-state index in [9.17, 15) is 4.79 Å². The maximum atomic E-state index is 12.3. The molecule has 1 aliphatic carbocycles. The fraction of sp³-hybridized carbons (Fsp3) is 0.462. The number of hydrogen-bond donors (Lipinski definition) is 1. The van der Waals surface area contributed by atoms with Gasteiger partial charge in [-0.1, -0.05) is 34.1 Å². The van der Waals surface area contributed by atoms with E-state index in [4.69, 9.17) is 0 Å². The Hall–Kier alpha value is -0.480. The topological polar surface area (TPSA) is 29.1 Å². The number of fused-ring (bicyclic) bond motifs is 1. The summed E-state index contributed by atoms with van der Waals surface area (Å²) in [6.07, 6.45) is 2.21. The normalized spacial score (nSPS) is 24.2. The summed E-state index contributed by atoms with van der Waals surface area (Å²) in [7, 11) is 0. The largest absolute Gasteiger partial charge is 0.349 e. The molecule has 1 saturated carbocycles. The van der Waals surface area contributed by atoms with Crippen molar-refractivity contribution in [2.24, 2.45) is 0 Å². The lowest BCUT2D eigenvalue weighted by molar-refractivity contribution is -0.122. The molecule has 0 saturated heterocycles. The smallest absolute Gasteiger partial charge is 0.228 e. The second kappa shape index (κ2) is 4.32. The summed E-state index contributed by atoms with van der Waals surface area (Å²) in [4.78, 5) is 13.5. The molecule has 90 valence electrons. The van der Waals surface area contributed by atoms with Gasteiger partial charge < -0.3 is 5.32 Å². The molecule has 2 aliphatic rings. The summed E-state index contributed by atoms with van der Waals surface area (Å²) >= 11 is 5.27. The molecule has 1 aliphatic heterocycles. The molecular weight excluding hydrogens is 298 g/mol. The summed E-state index contributed by atoms with van der Waals surface area (Å²) in [6.45, 7) is 0. The van der Waals surface area contributed by atoms with Crippen molar-refractivity contribution in [3.63, 3.8) is 0 Å². The van der Waals surface area contributed by atoms with Crippen molar-refractivity contribution in [1.82, 2.24) is 5.32 Å². The van der Waals surface area contributed by atoms with Crippen LogP contribution in [0.25, 0.3) is 0 Å². The third-order valence-electron chi connectivity index (χ3n) is 3.51. The molecule has 1 N–H and O–H groups in total. The molecule has 1 amide bonds. The predicted octanol–water partition coefficient (Wildman–Crippen LogP) is 2.92. The highest BCUT2D eigenvalue weighted by atomic mass is 79.9. The molecule has 0 aromatic heterocycles. The highest BCUT2D eigenvalue weighted by Gasteiger charge is 2.44. The Labute approximate surface area is 114 Å². The predicted molar refractivity (Wildman–Crippen MR) is 73.8 cm³/mol. The Morgan fingerprint density at radius 1 is 1.47 bits per heavy atom. The summed E-state index contributed by atoms with van der Waals surface area (Å²) < 4.78 is 0. The molecule has 2 nitrogen and oxygen atoms in total. The molecule has 1 aromatic carbocycles. The molecule has 4 heteroatoms. The first-order valence-electron chi connectivity index (χ1n) is 5.84. The molecule has 0 bridgehead atoms. The average Bonchev–Trinajstić information content (AvgIpc) is 2.99. The number of thioether (sulfide) groups is 1. The van der Waals surface area contributed by atoms with Crippen molar-refractivity contribution in [2.75, 3.05) is 11.1 Å². The van der Waals surface area contributed by atoms with Crippen LogP contribution in [-0.4, -0.2) is 22.5 Å². The van der Waals surface area contributed by atoms with Crippen LogP contribution in [0.5, 0.6) is 0 Å². The van der Waals surface area contributed by atoms with Gasteiger partial charge in [0, 0.05) is 21.5 Å². The second-order valence-corrected chi connectivity index (χ2v) is 6.43. The number of carbonyl (C=O) groups is 1. The number of benzene rings is 1. The molecule has 1 fully saturated rings. The molecule has 0 radical (unpaired) electrons. The first-order chi connectivity index (χ1) is 8.24. The fourth-order valence-electron chi connectivity index (χ4n) is 2.17. The van der Waals surface area contributed by atoms with E-state index in [1.54, 1.807) is 11.8 Å². The highest BCUT2D eigenvalue weighted by Crippen LogP contribution is 2.42. The number of halogens is 1. The molecule has 1 atom stereocenters. The lowest BCUT2D eigenvalue weighted by Gasteiger charge is -2.18. The Morgan fingerprint density at radius 2 is 2.24 bits per heavy atom. The number of hydrogen-bond acceptors (Lipinski definition) is 2. The van der Waals surface area contributed by atoms with Gasteiger partial charge in [-0.15, -0.1) is 11.8 Å². The van der Waals surface area contributed by atoms with E-state index in [0.717, 1.165) is 23.9 Å². The molecule has 1 unspecified atom stereocenters. The quantitative estimate of drug-likeness (QED) is 0.870. The molecule has 3 rings (SSSR count). The standard InChI is InChI=1S/C13H14BrNOS/c14-8-13(5-6-13)15-12(16)10-7-17-11-4-2-1-3-9(10)11/h1-4,10H,5-8H2,(H,15,16). The van der Waals surface area contributed by atoms with Crippen LogP contribution in [0.1, 0.15) is 24.3 Å². The molecule has 1 heterocycles. The van der Waals surface area contributed by atoms with Crippen LogP contribution < -0.4 is 5.32 Å². The van der Waals surface area contributed by atoms with Gasteiger partial charge in [0.25, 0.3) is 0 Å². The Balaban J connectivity index is 1.76. The van der Waals surface area contributed by atoms with Crippen molar-refractivity contribution in [3.8, 4) is 0 Å². The van der Waals surface area contributed by atoms with Crippen molar-refractivity contribution >= 4 is 33.6 Å². The molecule has 17 heavy (non-hydrogen) atoms. The van der Waals surface area contributed by atoms with Crippen LogP contribution >= 0.6 is 27.7 Å². The van der Waals surface area contributed by atoms with Crippen molar-refractivity contribution in [3.05, 3.63) is 29.8 Å². The maximum Gasteiger partial charge on any atom is 0.228 e. The van der Waals surface area contributed by atoms with Crippen LogP contribution in [0.15, 0.2) is 29.2 Å². The summed E-state index contributed by atoms with van der Waals surface area (Å²) in [6, 6.07) is 8.23. The van der Waals surface area contributed by atoms with Gasteiger partial charge in [0.15, 0.2) is 0 Å². The van der Waals surface area contributed by atoms with Gasteiger partial charge in [0.2, 0.25) is 5.91 Å². The molecule has 1 aromatic rings. The minimum absolute atomic E-state index is 0.0349. The number of nitrogens with one attached hydrogen (secondary N) is 1. The SMILES string of the molecule is O=C(NC1(CBr)CC1)C1CSc2ccccc21. The van der Waals surface area contributed by atoms with Crippen molar-refractivity contribution in [1.29, 1.82) is 0 Å². The van der Waals surface area contributed by atoms with Gasteiger partial charge in [-0.3, -0.25) is 4.79 Å². The van der Waals surface area contributed by atoms with Crippen LogP contribution in [0, 0.1) is 0 Å². The zero-order chi connectivity index (χ0) is 11.9. The summed E-state index contributed by atoms with van der Waals surface area (Å²) in [5.74, 6) is 1.11. The van der Waals surface area contributed by atoms with Gasteiger partial charge in [-0.2, -0.15) is 0 Å². The monoisotopic (exact) mass is 311 g/mol. The van der Waals surface area contributed by atoms with E-state index in [-0.39, 0.29) is 17.4 Å². The third kappa shape index (κ3) is 2.13. The zero-order valence-corrected chi connectivity index (χ0v) is 11.8. The van der Waals surface area contributed by atoms with Crippen LogP contribution in [0.2, 0.25) is 0 Å². The first kappa shape index (κ1) is 11.6. The number of amides is 1. The van der Waals surface area contributed by atoms with Gasteiger partial charge in [0.05, 0.1) is 5.92 Å². The van der Waals surface area contributed by atoms with E-state index in [2.05, 4.69) is 33.4 Å². The average molecular weight is 312 g/mol. The Morgan fingerprint density at radius 3 is 2.94 bits per heavy atom. The summed E-state index contributed by atoms with van der Waals surface area (Å²) in [5.41, 5.74) is 1.25. The van der Waals surface area contributed by atoms with Gasteiger partial charge in [-0.25, -0.2) is 0 Å². The lowest BCUT2D eigenvalue weighted by atomic mass is 10.00. The van der Waals surface area contributed by atoms with E-state index >= 15 is 0 Å². The fourth-order valence-corrected chi connectivity index (χ4v) is 4.10. The lowest BCUT2D eigenvalue weighted by Crippen LogP contribution is -2.41. The van der Waals surface area contributed by atoms with Crippen molar-refractivity contribution < 1.29 is 4.79 Å². The van der Waals surface area contributed by atoms with Gasteiger partial charge >= 0.3 is 0 Å². The number of rotatable bonds is 3. The van der Waals surface area contributed by atoms with Crippen LogP contribution in [0.4, 0.5) is 0 Å². The Kier molecular flexibility index (Phi) is 2.95. The van der Waals surface area contributed by atoms with Gasteiger partial charge in [-0.05, 0) is 24.5 Å². The van der Waals surface area contributed by atoms with E-state index in [0.29, 0.717) is 0 Å². The molecule has 0 spiro atoms.